The van der Waals surface area contributed by atoms with E-state index in [0.717, 1.165) is 12.8 Å². The van der Waals surface area contributed by atoms with Crippen LogP contribution < -0.4 is 10.6 Å². The number of aliphatic hydroxyl groups is 1. The van der Waals surface area contributed by atoms with Crippen LogP contribution in [0.25, 0.3) is 0 Å². The van der Waals surface area contributed by atoms with Crippen LogP contribution in [0.15, 0.2) is 18.2 Å². The second kappa shape index (κ2) is 7.81. The largest absolute Gasteiger partial charge is 0.393 e. The Hall–Kier alpha value is -1.30. The van der Waals surface area contributed by atoms with Crippen molar-refractivity contribution in [1.82, 2.24) is 10.6 Å². The van der Waals surface area contributed by atoms with Crippen molar-refractivity contribution in [2.45, 2.75) is 37.8 Å². The highest BCUT2D eigenvalue weighted by atomic mass is 35.5. The van der Waals surface area contributed by atoms with Gasteiger partial charge < -0.3 is 15.7 Å². The lowest BCUT2D eigenvalue weighted by Gasteiger charge is -2.26. The predicted octanol–water partition coefficient (Wildman–Crippen LogP) is 2.14. The minimum Gasteiger partial charge on any atom is -0.393 e. The molecule has 0 unspecified atom stereocenters. The fourth-order valence-electron chi connectivity index (χ4n) is 2.40. The predicted molar refractivity (Wildman–Crippen MR) is 85.2 cm³/mol. The average Bonchev–Trinajstić information content (AvgIpc) is 2.50. The monoisotopic (exact) mass is 344 g/mol. The number of halogens is 2. The van der Waals surface area contributed by atoms with Crippen molar-refractivity contribution in [2.24, 2.45) is 0 Å². The lowest BCUT2D eigenvalue weighted by molar-refractivity contribution is -0.121. The number of hydrogen-bond acceptors (Lipinski definition) is 3. The van der Waals surface area contributed by atoms with E-state index >= 15 is 0 Å². The van der Waals surface area contributed by atoms with E-state index < -0.39 is 0 Å². The number of nitrogens with one attached hydrogen (secondary N) is 2. The molecule has 0 aromatic heterocycles. The summed E-state index contributed by atoms with van der Waals surface area (Å²) in [5.74, 6) is -0.623. The highest BCUT2D eigenvalue weighted by Gasteiger charge is 2.20. The van der Waals surface area contributed by atoms with Gasteiger partial charge in [0, 0.05) is 11.6 Å². The van der Waals surface area contributed by atoms with Gasteiger partial charge in [0.2, 0.25) is 5.91 Å². The highest BCUT2D eigenvalue weighted by molar-refractivity contribution is 6.42. The van der Waals surface area contributed by atoms with Crippen molar-refractivity contribution in [1.29, 1.82) is 0 Å². The summed E-state index contributed by atoms with van der Waals surface area (Å²) in [4.78, 5) is 23.7. The zero-order valence-corrected chi connectivity index (χ0v) is 13.5. The van der Waals surface area contributed by atoms with Gasteiger partial charge in [0.25, 0.3) is 5.91 Å². The van der Waals surface area contributed by atoms with Crippen LogP contribution in [0.3, 0.4) is 0 Å². The van der Waals surface area contributed by atoms with E-state index in [4.69, 9.17) is 23.2 Å². The molecule has 1 aromatic rings. The zero-order valence-electron chi connectivity index (χ0n) is 11.9. The molecule has 0 spiro atoms. The fraction of sp³-hybridized carbons (Fsp3) is 0.467. The van der Waals surface area contributed by atoms with Gasteiger partial charge in [0.05, 0.1) is 22.7 Å². The Labute approximate surface area is 139 Å². The normalized spacial score (nSPS) is 21.2. The van der Waals surface area contributed by atoms with E-state index in [1.807, 2.05) is 0 Å². The molecule has 5 nitrogen and oxygen atoms in total. The number of rotatable bonds is 4. The van der Waals surface area contributed by atoms with Crippen molar-refractivity contribution in [3.63, 3.8) is 0 Å². The topological polar surface area (TPSA) is 78.4 Å². The van der Waals surface area contributed by atoms with Gasteiger partial charge in [0.1, 0.15) is 0 Å². The maximum absolute atomic E-state index is 11.9. The SMILES string of the molecule is O=C(CNC(=O)c1ccc(Cl)c(Cl)c1)NC1CCC(O)CC1. The standard InChI is InChI=1S/C15H18Cl2N2O3/c16-12-6-1-9(7-13(12)17)15(22)18-8-14(21)19-10-2-4-11(20)5-3-10/h1,6-7,10-11,20H,2-5,8H2,(H,18,22)(H,19,21). The summed E-state index contributed by atoms with van der Waals surface area (Å²) in [7, 11) is 0. The van der Waals surface area contributed by atoms with Crippen LogP contribution in [-0.2, 0) is 4.79 Å². The van der Waals surface area contributed by atoms with Crippen molar-refractivity contribution in [3.05, 3.63) is 33.8 Å². The molecule has 0 heterocycles. The molecular weight excluding hydrogens is 327 g/mol. The highest BCUT2D eigenvalue weighted by Crippen LogP contribution is 2.22. The molecule has 0 bridgehead atoms. The molecule has 120 valence electrons. The summed E-state index contributed by atoms with van der Waals surface area (Å²) in [6, 6.07) is 4.60. The van der Waals surface area contributed by atoms with E-state index in [1.165, 1.54) is 12.1 Å². The Morgan fingerprint density at radius 3 is 2.45 bits per heavy atom. The Bertz CT molecular complexity index is 558. The van der Waals surface area contributed by atoms with E-state index in [-0.39, 0.29) is 30.5 Å². The summed E-state index contributed by atoms with van der Waals surface area (Å²) < 4.78 is 0. The molecule has 1 fully saturated rings. The minimum absolute atomic E-state index is 0.0674. The molecule has 3 N–H and O–H groups in total. The second-order valence-electron chi connectivity index (χ2n) is 5.38. The van der Waals surface area contributed by atoms with Gasteiger partial charge in [-0.25, -0.2) is 0 Å². The van der Waals surface area contributed by atoms with Crippen molar-refractivity contribution >= 4 is 35.0 Å². The van der Waals surface area contributed by atoms with E-state index in [9.17, 15) is 14.7 Å². The summed E-state index contributed by atoms with van der Waals surface area (Å²) in [6.07, 6.45) is 2.64. The third-order valence-corrected chi connectivity index (χ3v) is 4.39. The number of carbonyl (C=O) groups excluding carboxylic acids is 2. The molecule has 1 saturated carbocycles. The Morgan fingerprint density at radius 1 is 1.14 bits per heavy atom. The van der Waals surface area contributed by atoms with Crippen LogP contribution in [0.5, 0.6) is 0 Å². The maximum Gasteiger partial charge on any atom is 0.251 e. The molecule has 1 aromatic carbocycles. The van der Waals surface area contributed by atoms with Gasteiger partial charge in [-0.05, 0) is 43.9 Å². The quantitative estimate of drug-likeness (QED) is 0.782. The van der Waals surface area contributed by atoms with Gasteiger partial charge in [-0.1, -0.05) is 23.2 Å². The zero-order chi connectivity index (χ0) is 16.1. The summed E-state index contributed by atoms with van der Waals surface area (Å²) in [6.45, 7) is -0.0991. The molecular formula is C15H18Cl2N2O3. The Morgan fingerprint density at radius 2 is 1.82 bits per heavy atom. The van der Waals surface area contributed by atoms with Crippen LogP contribution in [0.4, 0.5) is 0 Å². The first-order chi connectivity index (χ1) is 10.5. The van der Waals surface area contributed by atoms with Crippen molar-refractivity contribution in [3.8, 4) is 0 Å². The van der Waals surface area contributed by atoms with Crippen molar-refractivity contribution in [2.75, 3.05) is 6.54 Å². The van der Waals surface area contributed by atoms with Crippen molar-refractivity contribution < 1.29 is 14.7 Å². The number of carbonyl (C=O) groups is 2. The summed E-state index contributed by atoms with van der Waals surface area (Å²) >= 11 is 11.6. The molecule has 0 atom stereocenters. The molecule has 22 heavy (non-hydrogen) atoms. The lowest BCUT2D eigenvalue weighted by Crippen LogP contribution is -2.43. The molecule has 1 aliphatic carbocycles. The Kier molecular flexibility index (Phi) is 6.06. The van der Waals surface area contributed by atoms with Crippen LogP contribution in [0.1, 0.15) is 36.0 Å². The third-order valence-electron chi connectivity index (χ3n) is 3.65. The average molecular weight is 345 g/mol. The first-order valence-corrected chi connectivity index (χ1v) is 7.92. The van der Waals surface area contributed by atoms with Gasteiger partial charge >= 0.3 is 0 Å². The number of aliphatic hydroxyl groups excluding tert-OH is 1. The molecule has 2 rings (SSSR count). The molecule has 0 radical (unpaired) electrons. The number of hydrogen-bond donors (Lipinski definition) is 3. The molecule has 7 heteroatoms. The van der Waals surface area contributed by atoms with Gasteiger partial charge in [-0.3, -0.25) is 9.59 Å². The summed E-state index contributed by atoms with van der Waals surface area (Å²) in [5, 5.41) is 15.5. The fourth-order valence-corrected chi connectivity index (χ4v) is 2.70. The third kappa shape index (κ3) is 4.87. The molecule has 0 saturated heterocycles. The lowest BCUT2D eigenvalue weighted by atomic mass is 9.93. The first kappa shape index (κ1) is 17.1. The maximum atomic E-state index is 11.9. The Balaban J connectivity index is 1.78. The summed E-state index contributed by atoms with van der Waals surface area (Å²) in [5.41, 5.74) is 0.350. The first-order valence-electron chi connectivity index (χ1n) is 7.16. The van der Waals surface area contributed by atoms with Crippen LogP contribution in [0, 0.1) is 0 Å². The van der Waals surface area contributed by atoms with Crippen LogP contribution in [-0.4, -0.2) is 35.6 Å². The number of amides is 2. The minimum atomic E-state index is -0.382. The molecule has 2 amide bonds. The van der Waals surface area contributed by atoms with Gasteiger partial charge in [-0.15, -0.1) is 0 Å². The second-order valence-corrected chi connectivity index (χ2v) is 6.20. The molecule has 0 aliphatic heterocycles. The smallest absolute Gasteiger partial charge is 0.251 e. The van der Waals surface area contributed by atoms with E-state index in [1.54, 1.807) is 6.07 Å². The van der Waals surface area contributed by atoms with Crippen LogP contribution in [0.2, 0.25) is 10.0 Å². The van der Waals surface area contributed by atoms with E-state index in [2.05, 4.69) is 10.6 Å². The van der Waals surface area contributed by atoms with Gasteiger partial charge in [-0.2, -0.15) is 0 Å². The van der Waals surface area contributed by atoms with Gasteiger partial charge in [0.15, 0.2) is 0 Å². The molecule has 1 aliphatic rings. The van der Waals surface area contributed by atoms with E-state index in [0.29, 0.717) is 28.5 Å². The number of benzene rings is 1. The van der Waals surface area contributed by atoms with Crippen LogP contribution >= 0.6 is 23.2 Å².